The van der Waals surface area contributed by atoms with E-state index in [4.69, 9.17) is 0 Å². The van der Waals surface area contributed by atoms with E-state index in [1.54, 1.807) is 24.3 Å². The molecular formula is C16H9F6NO2S2. The number of thiazole rings is 1. The number of alkyl halides is 6. The van der Waals surface area contributed by atoms with Crippen LogP contribution in [0.4, 0.5) is 26.3 Å². The first kappa shape index (κ1) is 19.6. The van der Waals surface area contributed by atoms with Crippen LogP contribution >= 0.6 is 11.3 Å². The molecule has 1 heterocycles. The molecule has 2 aromatic carbocycles. The summed E-state index contributed by atoms with van der Waals surface area (Å²) in [6.07, 6.45) is -10.1. The molecule has 144 valence electrons. The van der Waals surface area contributed by atoms with Crippen molar-refractivity contribution in [3.63, 3.8) is 0 Å². The smallest absolute Gasteiger partial charge is 0.225 e. The Morgan fingerprint density at radius 3 is 1.96 bits per heavy atom. The van der Waals surface area contributed by atoms with Crippen molar-refractivity contribution in [1.29, 1.82) is 0 Å². The minimum atomic E-state index is -5.05. The van der Waals surface area contributed by atoms with E-state index in [9.17, 15) is 34.8 Å². The molecule has 0 aliphatic heterocycles. The second kappa shape index (κ2) is 6.48. The lowest BCUT2D eigenvalue weighted by Gasteiger charge is -2.14. The van der Waals surface area contributed by atoms with Gasteiger partial charge in [-0.1, -0.05) is 12.1 Å². The number of fused-ring (bicyclic) bond motifs is 1. The molecule has 0 N–H and O–H groups in total. The van der Waals surface area contributed by atoms with Crippen LogP contribution in [-0.2, 0) is 27.9 Å². The number of hydrogen-bond acceptors (Lipinski definition) is 4. The van der Waals surface area contributed by atoms with E-state index < -0.39 is 44.6 Å². The molecule has 0 radical (unpaired) electrons. The van der Waals surface area contributed by atoms with E-state index in [1.165, 1.54) is 0 Å². The van der Waals surface area contributed by atoms with Crippen LogP contribution in [0, 0.1) is 0 Å². The topological polar surface area (TPSA) is 47.0 Å². The van der Waals surface area contributed by atoms with Crippen LogP contribution in [0.5, 0.6) is 0 Å². The number of halogens is 6. The second-order valence-corrected chi connectivity index (χ2v) is 8.81. The molecule has 3 nitrogen and oxygen atoms in total. The molecule has 0 aliphatic rings. The third-order valence-electron chi connectivity index (χ3n) is 3.54. The monoisotopic (exact) mass is 425 g/mol. The van der Waals surface area contributed by atoms with Gasteiger partial charge in [0, 0.05) is 0 Å². The lowest BCUT2D eigenvalue weighted by atomic mass is 10.1. The maximum atomic E-state index is 12.9. The number of aromatic nitrogens is 1. The molecule has 0 saturated heterocycles. The average molecular weight is 425 g/mol. The standard InChI is InChI=1S/C16H9F6NO2S2/c17-15(18,19)10-5-9(6-11(7-10)16(20,21)22)8-27(24,25)14-23-12-3-1-2-4-13(12)26-14/h1-7H,8H2. The number of hydrogen-bond donors (Lipinski definition) is 0. The van der Waals surface area contributed by atoms with E-state index in [1.807, 2.05) is 0 Å². The largest absolute Gasteiger partial charge is 0.416 e. The first-order valence-electron chi connectivity index (χ1n) is 7.23. The molecule has 0 unspecified atom stereocenters. The quantitative estimate of drug-likeness (QED) is 0.535. The first-order valence-corrected chi connectivity index (χ1v) is 9.70. The van der Waals surface area contributed by atoms with Gasteiger partial charge in [0.1, 0.15) is 0 Å². The maximum absolute atomic E-state index is 12.9. The van der Waals surface area contributed by atoms with Crippen molar-refractivity contribution < 1.29 is 34.8 Å². The van der Waals surface area contributed by atoms with Gasteiger partial charge in [-0.2, -0.15) is 26.3 Å². The van der Waals surface area contributed by atoms with Crippen molar-refractivity contribution in [2.45, 2.75) is 22.4 Å². The number of sulfone groups is 1. The summed E-state index contributed by atoms with van der Waals surface area (Å²) in [4.78, 5) is 3.91. The second-order valence-electron chi connectivity index (χ2n) is 5.62. The number of rotatable bonds is 3. The summed E-state index contributed by atoms with van der Waals surface area (Å²) in [6, 6.07) is 7.20. The van der Waals surface area contributed by atoms with Crippen LogP contribution in [0.25, 0.3) is 10.2 Å². The van der Waals surface area contributed by atoms with Crippen LogP contribution < -0.4 is 0 Å². The summed E-state index contributed by atoms with van der Waals surface area (Å²) in [5, 5.41) is 0. The molecule has 0 amide bonds. The van der Waals surface area contributed by atoms with Crippen molar-refractivity contribution in [3.8, 4) is 0 Å². The van der Waals surface area contributed by atoms with Gasteiger partial charge < -0.3 is 0 Å². The van der Waals surface area contributed by atoms with Crippen molar-refractivity contribution in [2.24, 2.45) is 0 Å². The maximum Gasteiger partial charge on any atom is 0.416 e. The molecule has 3 rings (SSSR count). The van der Waals surface area contributed by atoms with Gasteiger partial charge in [-0.05, 0) is 35.9 Å². The summed E-state index contributed by atoms with van der Waals surface area (Å²) in [6.45, 7) is 0. The molecule has 3 aromatic rings. The molecule has 27 heavy (non-hydrogen) atoms. The van der Waals surface area contributed by atoms with Gasteiger partial charge in [0.05, 0.1) is 27.1 Å². The van der Waals surface area contributed by atoms with Gasteiger partial charge in [-0.25, -0.2) is 13.4 Å². The summed E-state index contributed by atoms with van der Waals surface area (Å²) in [5.74, 6) is -1.03. The van der Waals surface area contributed by atoms with Gasteiger partial charge in [0.25, 0.3) is 0 Å². The number of para-hydroxylation sites is 1. The number of nitrogens with zero attached hydrogens (tertiary/aromatic N) is 1. The molecule has 0 saturated carbocycles. The highest BCUT2D eigenvalue weighted by atomic mass is 32.2. The van der Waals surface area contributed by atoms with Crippen LogP contribution in [0.2, 0.25) is 0 Å². The average Bonchev–Trinajstić information content (AvgIpc) is 2.97. The minimum Gasteiger partial charge on any atom is -0.225 e. The molecule has 0 bridgehead atoms. The zero-order valence-corrected chi connectivity index (χ0v) is 14.7. The molecule has 1 aromatic heterocycles. The first-order chi connectivity index (χ1) is 12.4. The normalized spacial score (nSPS) is 13.3. The lowest BCUT2D eigenvalue weighted by molar-refractivity contribution is -0.143. The Morgan fingerprint density at radius 2 is 1.44 bits per heavy atom. The molecule has 0 spiro atoms. The van der Waals surface area contributed by atoms with Crippen LogP contribution in [0.1, 0.15) is 16.7 Å². The molecule has 11 heteroatoms. The zero-order chi connectivity index (χ0) is 20.0. The fraction of sp³-hybridized carbons (Fsp3) is 0.188. The predicted octanol–water partition coefficient (Wildman–Crippen LogP) is 5.31. The summed E-state index contributed by atoms with van der Waals surface area (Å²) >= 11 is 0.799. The zero-order valence-electron chi connectivity index (χ0n) is 13.1. The van der Waals surface area contributed by atoms with Crippen molar-refractivity contribution in [3.05, 3.63) is 59.2 Å². The predicted molar refractivity (Wildman–Crippen MR) is 87.0 cm³/mol. The molecule has 0 aliphatic carbocycles. The van der Waals surface area contributed by atoms with Crippen molar-refractivity contribution in [1.82, 2.24) is 4.98 Å². The van der Waals surface area contributed by atoms with Crippen molar-refractivity contribution in [2.75, 3.05) is 0 Å². The van der Waals surface area contributed by atoms with Crippen LogP contribution in [0.3, 0.4) is 0 Å². The highest BCUT2D eigenvalue weighted by Crippen LogP contribution is 2.37. The molecule has 0 fully saturated rings. The Hall–Kier alpha value is -2.14. The van der Waals surface area contributed by atoms with Gasteiger partial charge in [-0.3, -0.25) is 0 Å². The summed E-state index contributed by atoms with van der Waals surface area (Å²) in [5.41, 5.74) is -3.36. The van der Waals surface area contributed by atoms with Gasteiger partial charge in [0.15, 0.2) is 0 Å². The van der Waals surface area contributed by atoms with E-state index >= 15 is 0 Å². The minimum absolute atomic E-state index is 0.0478. The van der Waals surface area contributed by atoms with Gasteiger partial charge >= 0.3 is 12.4 Å². The Morgan fingerprint density at radius 1 is 0.889 bits per heavy atom. The highest BCUT2D eigenvalue weighted by Gasteiger charge is 2.37. The highest BCUT2D eigenvalue weighted by molar-refractivity contribution is 7.92. The van der Waals surface area contributed by atoms with E-state index in [0.29, 0.717) is 22.3 Å². The van der Waals surface area contributed by atoms with Crippen LogP contribution in [-0.4, -0.2) is 13.4 Å². The summed E-state index contributed by atoms with van der Waals surface area (Å²) < 4.78 is 103. The molecule has 0 atom stereocenters. The summed E-state index contributed by atoms with van der Waals surface area (Å²) in [7, 11) is -4.23. The molecular weight excluding hydrogens is 416 g/mol. The Labute approximate surface area is 153 Å². The van der Waals surface area contributed by atoms with E-state index in [-0.39, 0.29) is 10.4 Å². The van der Waals surface area contributed by atoms with Crippen molar-refractivity contribution >= 4 is 31.4 Å². The Balaban J connectivity index is 2.05. The van der Waals surface area contributed by atoms with Crippen LogP contribution in [0.15, 0.2) is 46.8 Å². The fourth-order valence-electron chi connectivity index (χ4n) is 2.37. The number of benzene rings is 2. The Kier molecular flexibility index (Phi) is 4.71. The van der Waals surface area contributed by atoms with E-state index in [2.05, 4.69) is 4.98 Å². The Bertz CT molecular complexity index is 1030. The lowest BCUT2D eigenvalue weighted by Crippen LogP contribution is -2.13. The van der Waals surface area contributed by atoms with Gasteiger partial charge in [0.2, 0.25) is 14.2 Å². The van der Waals surface area contributed by atoms with E-state index in [0.717, 1.165) is 11.3 Å². The fourth-order valence-corrected chi connectivity index (χ4v) is 4.99. The third-order valence-corrected chi connectivity index (χ3v) is 6.72. The third kappa shape index (κ3) is 4.24. The van der Waals surface area contributed by atoms with Gasteiger partial charge in [-0.15, -0.1) is 11.3 Å². The SMILES string of the molecule is O=S(=O)(Cc1cc(C(F)(F)F)cc(C(F)(F)F)c1)c1nc2ccccc2s1.